The lowest BCUT2D eigenvalue weighted by Crippen LogP contribution is -2.37. The van der Waals surface area contributed by atoms with E-state index in [-0.39, 0.29) is 4.49 Å². The predicted octanol–water partition coefficient (Wildman–Crippen LogP) is 0.753. The molecule has 18 heavy (non-hydrogen) atoms. The first-order valence-corrected chi connectivity index (χ1v) is 5.81. The zero-order valence-electron chi connectivity index (χ0n) is 9.72. The van der Waals surface area contributed by atoms with E-state index in [0.717, 1.165) is 4.57 Å². The molecule has 0 amide bonds. The summed E-state index contributed by atoms with van der Waals surface area (Å²) < 4.78 is 4.05. The molecule has 0 aliphatic heterocycles. The molecule has 0 unspecified atom stereocenters. The molecule has 0 saturated carbocycles. The lowest BCUT2D eigenvalue weighted by Gasteiger charge is -2.04. The van der Waals surface area contributed by atoms with Gasteiger partial charge in [-0.05, 0) is 6.08 Å². The first-order valence-electron chi connectivity index (χ1n) is 5.05. The van der Waals surface area contributed by atoms with Crippen LogP contribution in [-0.2, 0) is 20.6 Å². The number of halogens is 2. The number of rotatable bonds is 2. The zero-order valence-corrected chi connectivity index (χ0v) is 11.2. The summed E-state index contributed by atoms with van der Waals surface area (Å²) in [4.78, 5) is 27.8. The second-order valence-electron chi connectivity index (χ2n) is 3.77. The van der Waals surface area contributed by atoms with E-state index in [1.807, 2.05) is 0 Å². The summed E-state index contributed by atoms with van der Waals surface area (Å²) in [6.45, 7) is 0.312. The lowest BCUT2D eigenvalue weighted by atomic mass is 10.5. The van der Waals surface area contributed by atoms with E-state index in [2.05, 4.69) is 4.98 Å². The van der Waals surface area contributed by atoms with Crippen molar-refractivity contribution in [2.24, 2.45) is 14.1 Å². The van der Waals surface area contributed by atoms with E-state index in [1.165, 1.54) is 24.0 Å². The molecule has 0 aromatic carbocycles. The number of hydrogen-bond acceptors (Lipinski definition) is 3. The van der Waals surface area contributed by atoms with Crippen LogP contribution in [0.4, 0.5) is 0 Å². The van der Waals surface area contributed by atoms with Gasteiger partial charge in [0.2, 0.25) is 0 Å². The van der Waals surface area contributed by atoms with Crippen molar-refractivity contribution in [3.63, 3.8) is 0 Å². The minimum atomic E-state index is -0.413. The van der Waals surface area contributed by atoms with Crippen LogP contribution in [0.5, 0.6) is 0 Å². The molecule has 2 aromatic heterocycles. The average molecular weight is 289 g/mol. The van der Waals surface area contributed by atoms with E-state index in [0.29, 0.717) is 17.7 Å². The Hall–Kier alpha value is -1.53. The number of hydrogen-bond donors (Lipinski definition) is 0. The van der Waals surface area contributed by atoms with Crippen LogP contribution in [0.1, 0.15) is 0 Å². The smallest absolute Gasteiger partial charge is 0.321 e. The summed E-state index contributed by atoms with van der Waals surface area (Å²) in [7, 11) is 2.98. The molecule has 8 heteroatoms. The first-order chi connectivity index (χ1) is 8.43. The van der Waals surface area contributed by atoms with Gasteiger partial charge in [-0.25, -0.2) is 9.78 Å². The molecule has 96 valence electrons. The van der Waals surface area contributed by atoms with Crippen molar-refractivity contribution in [1.29, 1.82) is 0 Å². The van der Waals surface area contributed by atoms with E-state index in [1.54, 1.807) is 11.6 Å². The molecule has 0 radical (unpaired) electrons. The fourth-order valence-corrected chi connectivity index (χ4v) is 1.84. The normalized spacial score (nSPS) is 10.9. The molecule has 0 atom stereocenters. The van der Waals surface area contributed by atoms with Crippen LogP contribution in [0.25, 0.3) is 11.2 Å². The zero-order chi connectivity index (χ0) is 13.4. The van der Waals surface area contributed by atoms with Crippen molar-refractivity contribution in [3.05, 3.63) is 37.7 Å². The molecule has 6 nitrogen and oxygen atoms in total. The van der Waals surface area contributed by atoms with Crippen LogP contribution in [0.2, 0.25) is 0 Å². The van der Waals surface area contributed by atoms with Crippen molar-refractivity contribution in [2.45, 2.75) is 6.54 Å². The van der Waals surface area contributed by atoms with E-state index in [9.17, 15) is 9.59 Å². The Morgan fingerprint density at radius 1 is 1.33 bits per heavy atom. The van der Waals surface area contributed by atoms with Gasteiger partial charge in [-0.1, -0.05) is 23.2 Å². The van der Waals surface area contributed by atoms with Crippen molar-refractivity contribution in [3.8, 4) is 0 Å². The molecule has 0 aliphatic carbocycles. The molecule has 0 bridgehead atoms. The van der Waals surface area contributed by atoms with Gasteiger partial charge in [-0.3, -0.25) is 13.9 Å². The highest BCUT2D eigenvalue weighted by Crippen LogP contribution is 2.09. The molecule has 0 saturated heterocycles. The minimum Gasteiger partial charge on any atom is -0.321 e. The molecule has 0 fully saturated rings. The second-order valence-corrected chi connectivity index (χ2v) is 4.78. The SMILES string of the molecule is Cn1c(=O)c2c(ncn2CC=C(Cl)Cl)n(C)c1=O. The van der Waals surface area contributed by atoms with Gasteiger partial charge in [0.25, 0.3) is 5.56 Å². The summed E-state index contributed by atoms with van der Waals surface area (Å²) in [6, 6.07) is 0. The minimum absolute atomic E-state index is 0.110. The van der Waals surface area contributed by atoms with Gasteiger partial charge in [0.15, 0.2) is 11.2 Å². The standard InChI is InChI=1S/C10H10Cl2N4O2/c1-14-8-7(9(17)15(2)10(14)18)16(5-13-8)4-3-6(11)12/h3,5H,4H2,1-2H3. The summed E-state index contributed by atoms with van der Waals surface area (Å²) in [5, 5.41) is 0. The van der Waals surface area contributed by atoms with Crippen LogP contribution in [-0.4, -0.2) is 18.7 Å². The monoisotopic (exact) mass is 288 g/mol. The summed E-state index contributed by atoms with van der Waals surface area (Å²) >= 11 is 11.1. The molecular formula is C10H10Cl2N4O2. The Morgan fingerprint density at radius 3 is 2.61 bits per heavy atom. The van der Waals surface area contributed by atoms with Crippen LogP contribution in [0.3, 0.4) is 0 Å². The van der Waals surface area contributed by atoms with Gasteiger partial charge in [0, 0.05) is 20.6 Å². The van der Waals surface area contributed by atoms with Crippen LogP contribution < -0.4 is 11.2 Å². The maximum absolute atomic E-state index is 12.0. The Bertz CT molecular complexity index is 750. The topological polar surface area (TPSA) is 61.8 Å². The van der Waals surface area contributed by atoms with Crippen molar-refractivity contribution in [2.75, 3.05) is 0 Å². The lowest BCUT2D eigenvalue weighted by molar-refractivity contribution is 0.703. The molecule has 2 heterocycles. The van der Waals surface area contributed by atoms with E-state index >= 15 is 0 Å². The number of allylic oxidation sites excluding steroid dienone is 1. The number of imidazole rings is 1. The van der Waals surface area contributed by atoms with Crippen LogP contribution in [0.15, 0.2) is 26.5 Å². The molecular weight excluding hydrogens is 279 g/mol. The highest BCUT2D eigenvalue weighted by molar-refractivity contribution is 6.55. The summed E-state index contributed by atoms with van der Waals surface area (Å²) in [6.07, 6.45) is 3.01. The molecule has 0 N–H and O–H groups in total. The third kappa shape index (κ3) is 1.97. The van der Waals surface area contributed by atoms with Gasteiger partial charge in [-0.2, -0.15) is 0 Å². The quantitative estimate of drug-likeness (QED) is 0.819. The fourth-order valence-electron chi connectivity index (χ4n) is 1.70. The van der Waals surface area contributed by atoms with Gasteiger partial charge < -0.3 is 4.57 Å². The van der Waals surface area contributed by atoms with Crippen LogP contribution in [0, 0.1) is 0 Å². The largest absolute Gasteiger partial charge is 0.332 e. The predicted molar refractivity (Wildman–Crippen MR) is 70.0 cm³/mol. The molecule has 2 rings (SSSR count). The van der Waals surface area contributed by atoms with Gasteiger partial charge >= 0.3 is 5.69 Å². The van der Waals surface area contributed by atoms with Crippen LogP contribution >= 0.6 is 23.2 Å². The van der Waals surface area contributed by atoms with Gasteiger partial charge in [0.1, 0.15) is 4.49 Å². The third-order valence-corrected chi connectivity index (χ3v) is 2.97. The highest BCUT2D eigenvalue weighted by atomic mass is 35.5. The summed E-state index contributed by atoms with van der Waals surface area (Å²) in [5.74, 6) is 0. The number of aryl methyl sites for hydroxylation is 1. The number of nitrogens with zero attached hydrogens (tertiary/aromatic N) is 4. The highest BCUT2D eigenvalue weighted by Gasteiger charge is 2.13. The number of aromatic nitrogens is 4. The van der Waals surface area contributed by atoms with E-state index < -0.39 is 11.2 Å². The average Bonchev–Trinajstić information content (AvgIpc) is 2.75. The van der Waals surface area contributed by atoms with Gasteiger partial charge in [-0.15, -0.1) is 0 Å². The molecule has 0 spiro atoms. The fraction of sp³-hybridized carbons (Fsp3) is 0.300. The van der Waals surface area contributed by atoms with Crippen molar-refractivity contribution >= 4 is 34.4 Å². The first kappa shape index (κ1) is 12.9. The summed E-state index contributed by atoms with van der Waals surface area (Å²) in [5.41, 5.74) is -0.138. The van der Waals surface area contributed by atoms with Gasteiger partial charge in [0.05, 0.1) is 6.33 Å². The van der Waals surface area contributed by atoms with Crippen molar-refractivity contribution < 1.29 is 0 Å². The molecule has 2 aromatic rings. The van der Waals surface area contributed by atoms with Crippen molar-refractivity contribution in [1.82, 2.24) is 18.7 Å². The Labute approximate surface area is 112 Å². The Kier molecular flexibility index (Phi) is 3.32. The second kappa shape index (κ2) is 4.62. The third-order valence-electron chi connectivity index (χ3n) is 2.66. The molecule has 0 aliphatic rings. The Balaban J connectivity index is 2.78. The maximum Gasteiger partial charge on any atom is 0.332 e. The van der Waals surface area contributed by atoms with E-state index in [4.69, 9.17) is 23.2 Å². The maximum atomic E-state index is 12.0. The Morgan fingerprint density at radius 2 is 2.00 bits per heavy atom. The number of fused-ring (bicyclic) bond motifs is 1.